The van der Waals surface area contributed by atoms with Crippen LogP contribution < -0.4 is 0 Å². The molecule has 1 aromatic heterocycles. The number of carbonyl (C=O) groups excluding carboxylic acids is 1. The molecule has 0 aliphatic carbocycles. The lowest BCUT2D eigenvalue weighted by Crippen LogP contribution is -2.40. The van der Waals surface area contributed by atoms with Gasteiger partial charge in [-0.1, -0.05) is 18.7 Å². The highest BCUT2D eigenvalue weighted by Crippen LogP contribution is 2.29. The molecular weight excluding hydrogens is 338 g/mol. The Bertz CT molecular complexity index is 673. The van der Waals surface area contributed by atoms with Crippen molar-refractivity contribution in [3.05, 3.63) is 5.89 Å². The molecule has 2 atom stereocenters. The summed E-state index contributed by atoms with van der Waals surface area (Å²) in [4.78, 5) is 14.1. The van der Waals surface area contributed by atoms with Gasteiger partial charge in [0.1, 0.15) is 0 Å². The predicted molar refractivity (Wildman–Crippen MR) is 86.0 cm³/mol. The van der Waals surface area contributed by atoms with E-state index in [1.165, 1.54) is 18.2 Å². The van der Waals surface area contributed by atoms with Crippen molar-refractivity contribution in [2.45, 2.75) is 37.3 Å². The first-order valence-electron chi connectivity index (χ1n) is 7.87. The van der Waals surface area contributed by atoms with Crippen molar-refractivity contribution >= 4 is 27.5 Å². The number of likely N-dealkylation sites (tertiary alicyclic amines) is 1. The van der Waals surface area contributed by atoms with E-state index in [2.05, 4.69) is 17.1 Å². The van der Waals surface area contributed by atoms with Gasteiger partial charge in [0, 0.05) is 13.1 Å². The summed E-state index contributed by atoms with van der Waals surface area (Å²) in [6.45, 7) is 3.79. The van der Waals surface area contributed by atoms with Crippen molar-refractivity contribution in [3.63, 3.8) is 0 Å². The van der Waals surface area contributed by atoms with E-state index >= 15 is 0 Å². The molecule has 0 unspecified atom stereocenters. The Morgan fingerprint density at radius 2 is 2.22 bits per heavy atom. The SMILES string of the molecule is C[C@H]1CCCN(C(=O)CSc2nnc([C@H]3CCS(=O)(=O)C3)o2)C1. The summed E-state index contributed by atoms with van der Waals surface area (Å²) < 4.78 is 28.5. The molecule has 0 aromatic carbocycles. The van der Waals surface area contributed by atoms with E-state index in [0.717, 1.165) is 19.5 Å². The van der Waals surface area contributed by atoms with Crippen LogP contribution in [0.15, 0.2) is 9.64 Å². The van der Waals surface area contributed by atoms with Crippen LogP contribution in [0.5, 0.6) is 0 Å². The van der Waals surface area contributed by atoms with E-state index in [4.69, 9.17) is 4.42 Å². The molecule has 128 valence electrons. The van der Waals surface area contributed by atoms with Crippen LogP contribution in [0, 0.1) is 5.92 Å². The smallest absolute Gasteiger partial charge is 0.277 e. The zero-order valence-corrected chi connectivity index (χ0v) is 14.7. The predicted octanol–water partition coefficient (Wildman–Crippen LogP) is 1.32. The normalized spacial score (nSPS) is 27.3. The van der Waals surface area contributed by atoms with Gasteiger partial charge in [-0.2, -0.15) is 0 Å². The Hall–Kier alpha value is -1.09. The van der Waals surface area contributed by atoms with Gasteiger partial charge >= 0.3 is 0 Å². The van der Waals surface area contributed by atoms with Crippen LogP contribution in [-0.4, -0.2) is 59.8 Å². The maximum atomic E-state index is 12.2. The Morgan fingerprint density at radius 1 is 1.39 bits per heavy atom. The van der Waals surface area contributed by atoms with E-state index < -0.39 is 9.84 Å². The fraction of sp³-hybridized carbons (Fsp3) is 0.786. The van der Waals surface area contributed by atoms with E-state index in [1.54, 1.807) is 0 Å². The van der Waals surface area contributed by atoms with Gasteiger partial charge in [-0.25, -0.2) is 8.42 Å². The number of sulfone groups is 1. The van der Waals surface area contributed by atoms with Crippen molar-refractivity contribution in [3.8, 4) is 0 Å². The molecule has 7 nitrogen and oxygen atoms in total. The molecular formula is C14H21N3O4S2. The molecule has 0 saturated carbocycles. The molecule has 0 bridgehead atoms. The number of piperidine rings is 1. The third-order valence-corrected chi connectivity index (χ3v) is 6.90. The van der Waals surface area contributed by atoms with Crippen LogP contribution in [0.3, 0.4) is 0 Å². The van der Waals surface area contributed by atoms with Crippen LogP contribution in [0.25, 0.3) is 0 Å². The van der Waals surface area contributed by atoms with Crippen molar-refractivity contribution in [2.75, 3.05) is 30.3 Å². The highest BCUT2D eigenvalue weighted by molar-refractivity contribution is 7.99. The minimum Gasteiger partial charge on any atom is -0.416 e. The summed E-state index contributed by atoms with van der Waals surface area (Å²) in [5, 5.41) is 8.20. The number of nitrogens with zero attached hydrogens (tertiary/aromatic N) is 3. The average Bonchev–Trinajstić information content (AvgIpc) is 3.11. The summed E-state index contributed by atoms with van der Waals surface area (Å²) in [6, 6.07) is 0. The second kappa shape index (κ2) is 6.80. The van der Waals surface area contributed by atoms with Gasteiger partial charge < -0.3 is 9.32 Å². The number of thioether (sulfide) groups is 1. The number of amides is 1. The summed E-state index contributed by atoms with van der Waals surface area (Å²) in [5.74, 6) is 1.32. The lowest BCUT2D eigenvalue weighted by molar-refractivity contribution is -0.130. The second-order valence-corrected chi connectivity index (χ2v) is 9.54. The number of hydrogen-bond acceptors (Lipinski definition) is 7. The quantitative estimate of drug-likeness (QED) is 0.748. The zero-order valence-electron chi connectivity index (χ0n) is 13.1. The molecule has 3 heterocycles. The van der Waals surface area contributed by atoms with Crippen LogP contribution >= 0.6 is 11.8 Å². The fourth-order valence-electron chi connectivity index (χ4n) is 3.06. The van der Waals surface area contributed by atoms with E-state index in [-0.39, 0.29) is 29.1 Å². The largest absolute Gasteiger partial charge is 0.416 e. The van der Waals surface area contributed by atoms with Crippen molar-refractivity contribution in [2.24, 2.45) is 5.92 Å². The lowest BCUT2D eigenvalue weighted by atomic mass is 10.0. The molecule has 2 aliphatic rings. The van der Waals surface area contributed by atoms with Crippen LogP contribution in [0.1, 0.15) is 38.0 Å². The molecule has 23 heavy (non-hydrogen) atoms. The molecule has 1 aromatic rings. The maximum Gasteiger partial charge on any atom is 0.277 e. The van der Waals surface area contributed by atoms with Crippen LogP contribution in [0.2, 0.25) is 0 Å². The standard InChI is InChI=1S/C14H21N3O4S2/c1-10-3-2-5-17(7-10)12(18)8-22-14-16-15-13(21-14)11-4-6-23(19,20)9-11/h10-11H,2-9H2,1H3/t10-,11-/m0/s1. The number of aromatic nitrogens is 2. The third-order valence-electron chi connectivity index (χ3n) is 4.33. The van der Waals surface area contributed by atoms with Gasteiger partial charge in [0.25, 0.3) is 5.22 Å². The summed E-state index contributed by atoms with van der Waals surface area (Å²) in [5.41, 5.74) is 0. The third kappa shape index (κ3) is 4.26. The van der Waals surface area contributed by atoms with Crippen molar-refractivity contribution < 1.29 is 17.6 Å². The molecule has 2 saturated heterocycles. The van der Waals surface area contributed by atoms with E-state index in [1.807, 2.05) is 4.90 Å². The molecule has 3 rings (SSSR count). The zero-order chi connectivity index (χ0) is 16.4. The van der Waals surface area contributed by atoms with E-state index in [0.29, 0.717) is 23.5 Å². The summed E-state index contributed by atoms with van der Waals surface area (Å²) >= 11 is 1.22. The first-order valence-corrected chi connectivity index (χ1v) is 10.7. The maximum absolute atomic E-state index is 12.2. The Balaban J connectivity index is 1.52. The van der Waals surface area contributed by atoms with E-state index in [9.17, 15) is 13.2 Å². The molecule has 0 radical (unpaired) electrons. The monoisotopic (exact) mass is 359 g/mol. The number of rotatable bonds is 4. The Kier molecular flexibility index (Phi) is 4.96. The number of carbonyl (C=O) groups is 1. The topological polar surface area (TPSA) is 93.4 Å². The summed E-state index contributed by atoms with van der Waals surface area (Å²) in [6.07, 6.45) is 2.76. The summed E-state index contributed by atoms with van der Waals surface area (Å²) in [7, 11) is -2.98. The Morgan fingerprint density at radius 3 is 2.91 bits per heavy atom. The van der Waals surface area contributed by atoms with Crippen molar-refractivity contribution in [1.29, 1.82) is 0 Å². The van der Waals surface area contributed by atoms with Crippen molar-refractivity contribution in [1.82, 2.24) is 15.1 Å². The first kappa shape index (κ1) is 16.8. The molecule has 2 aliphatic heterocycles. The number of hydrogen-bond donors (Lipinski definition) is 0. The van der Waals surface area contributed by atoms with Gasteiger partial charge in [-0.3, -0.25) is 4.79 Å². The van der Waals surface area contributed by atoms with Gasteiger partial charge in [0.05, 0.1) is 23.2 Å². The van der Waals surface area contributed by atoms with Gasteiger partial charge in [0.15, 0.2) is 9.84 Å². The van der Waals surface area contributed by atoms with Gasteiger partial charge in [-0.15, -0.1) is 10.2 Å². The fourth-order valence-corrected chi connectivity index (χ4v) is 5.47. The second-order valence-electron chi connectivity index (χ2n) is 6.38. The average molecular weight is 359 g/mol. The first-order chi connectivity index (χ1) is 10.9. The highest BCUT2D eigenvalue weighted by atomic mass is 32.2. The molecule has 0 spiro atoms. The van der Waals surface area contributed by atoms with Gasteiger partial charge in [0.2, 0.25) is 11.8 Å². The minimum atomic E-state index is -2.98. The van der Waals surface area contributed by atoms with Crippen LogP contribution in [0.4, 0.5) is 0 Å². The lowest BCUT2D eigenvalue weighted by Gasteiger charge is -2.30. The Labute approximate surface area is 140 Å². The van der Waals surface area contributed by atoms with Crippen LogP contribution in [-0.2, 0) is 14.6 Å². The minimum absolute atomic E-state index is 0.0733. The molecule has 0 N–H and O–H groups in total. The molecule has 1 amide bonds. The molecule has 9 heteroatoms. The molecule has 2 fully saturated rings. The highest BCUT2D eigenvalue weighted by Gasteiger charge is 2.33. The van der Waals surface area contributed by atoms with Gasteiger partial charge in [-0.05, 0) is 25.2 Å².